The molecule has 18 heavy (non-hydrogen) atoms. The van der Waals surface area contributed by atoms with Crippen LogP contribution < -0.4 is 5.32 Å². The fourth-order valence-corrected chi connectivity index (χ4v) is 4.21. The van der Waals surface area contributed by atoms with E-state index in [0.717, 1.165) is 29.8 Å². The van der Waals surface area contributed by atoms with Gasteiger partial charge in [-0.25, -0.2) is 8.42 Å². The van der Waals surface area contributed by atoms with E-state index in [9.17, 15) is 8.42 Å². The Balaban J connectivity index is 2.47. The first-order valence-electron chi connectivity index (χ1n) is 6.10. The minimum absolute atomic E-state index is 0.0788. The maximum Gasteiger partial charge on any atom is 0.243 e. The van der Waals surface area contributed by atoms with Crippen LogP contribution in [0, 0.1) is 20.8 Å². The third-order valence-corrected chi connectivity index (χ3v) is 5.73. The fraction of sp³-hybridized carbons (Fsp3) is 0.538. The van der Waals surface area contributed by atoms with Crippen LogP contribution in [0.3, 0.4) is 0 Å². The standard InChI is InChI=1S/C13H20N2O2S/c1-9-5-10(2)13(11(3)6-9)18(16,17)15(4)12-7-14-8-12/h5-6,12,14H,7-8H2,1-4H3. The van der Waals surface area contributed by atoms with Gasteiger partial charge in [0.25, 0.3) is 0 Å². The van der Waals surface area contributed by atoms with E-state index < -0.39 is 10.0 Å². The highest BCUT2D eigenvalue weighted by Gasteiger charge is 2.33. The van der Waals surface area contributed by atoms with E-state index in [1.54, 1.807) is 7.05 Å². The van der Waals surface area contributed by atoms with E-state index in [4.69, 9.17) is 0 Å². The maximum absolute atomic E-state index is 12.6. The lowest BCUT2D eigenvalue weighted by atomic mass is 10.1. The predicted octanol–water partition coefficient (Wildman–Crippen LogP) is 1.20. The number of aryl methyl sites for hydroxylation is 3. The molecule has 1 aromatic rings. The molecule has 0 atom stereocenters. The van der Waals surface area contributed by atoms with Crippen molar-refractivity contribution >= 4 is 10.0 Å². The Hall–Kier alpha value is -0.910. The predicted molar refractivity (Wildman–Crippen MR) is 72.3 cm³/mol. The van der Waals surface area contributed by atoms with E-state index in [-0.39, 0.29) is 6.04 Å². The van der Waals surface area contributed by atoms with Crippen LogP contribution >= 0.6 is 0 Å². The Bertz CT molecular complexity index is 539. The van der Waals surface area contributed by atoms with Crippen LogP contribution in [0.25, 0.3) is 0 Å². The van der Waals surface area contributed by atoms with Gasteiger partial charge in [-0.05, 0) is 31.9 Å². The molecule has 4 nitrogen and oxygen atoms in total. The summed E-state index contributed by atoms with van der Waals surface area (Å²) in [6.45, 7) is 7.18. The van der Waals surface area contributed by atoms with Gasteiger partial charge in [0, 0.05) is 26.2 Å². The van der Waals surface area contributed by atoms with E-state index in [1.165, 1.54) is 4.31 Å². The molecule has 100 valence electrons. The summed E-state index contributed by atoms with van der Waals surface area (Å²) in [7, 11) is -1.72. The van der Waals surface area contributed by atoms with Crippen LogP contribution in [0.2, 0.25) is 0 Å². The molecule has 0 amide bonds. The molecule has 1 fully saturated rings. The molecule has 0 bridgehead atoms. The van der Waals surface area contributed by atoms with Crippen LogP contribution in [0.4, 0.5) is 0 Å². The van der Waals surface area contributed by atoms with E-state index in [0.29, 0.717) is 4.90 Å². The second-order valence-corrected chi connectivity index (χ2v) is 7.00. The summed E-state index contributed by atoms with van der Waals surface area (Å²) in [6.07, 6.45) is 0. The highest BCUT2D eigenvalue weighted by molar-refractivity contribution is 7.89. The van der Waals surface area contributed by atoms with Crippen molar-refractivity contribution in [3.8, 4) is 0 Å². The van der Waals surface area contributed by atoms with E-state index in [1.807, 2.05) is 32.9 Å². The number of likely N-dealkylation sites (N-methyl/N-ethyl adjacent to an activating group) is 1. The molecule has 1 aliphatic rings. The molecule has 0 radical (unpaired) electrons. The Labute approximate surface area is 109 Å². The summed E-state index contributed by atoms with van der Waals surface area (Å²) >= 11 is 0. The molecular weight excluding hydrogens is 248 g/mol. The molecule has 1 saturated heterocycles. The lowest BCUT2D eigenvalue weighted by Crippen LogP contribution is -2.57. The quantitative estimate of drug-likeness (QED) is 0.896. The van der Waals surface area contributed by atoms with Gasteiger partial charge < -0.3 is 5.32 Å². The lowest BCUT2D eigenvalue weighted by molar-refractivity contribution is 0.274. The monoisotopic (exact) mass is 268 g/mol. The maximum atomic E-state index is 12.6. The average Bonchev–Trinajstić information content (AvgIpc) is 2.11. The van der Waals surface area contributed by atoms with Crippen LogP contribution in [0.15, 0.2) is 17.0 Å². The number of hydrogen-bond acceptors (Lipinski definition) is 3. The number of rotatable bonds is 3. The van der Waals surface area contributed by atoms with Crippen molar-refractivity contribution in [3.05, 3.63) is 28.8 Å². The van der Waals surface area contributed by atoms with Crippen molar-refractivity contribution in [2.75, 3.05) is 20.1 Å². The van der Waals surface area contributed by atoms with E-state index >= 15 is 0 Å². The molecule has 1 aromatic carbocycles. The number of nitrogens with one attached hydrogen (secondary N) is 1. The smallest absolute Gasteiger partial charge is 0.243 e. The second-order valence-electron chi connectivity index (χ2n) is 5.06. The molecule has 5 heteroatoms. The van der Waals surface area contributed by atoms with Gasteiger partial charge in [0.2, 0.25) is 10.0 Å². The second kappa shape index (κ2) is 4.64. The zero-order valence-corrected chi connectivity index (χ0v) is 12.1. The van der Waals surface area contributed by atoms with Crippen LogP contribution in [-0.4, -0.2) is 38.9 Å². The third-order valence-electron chi connectivity index (χ3n) is 3.52. The Morgan fingerprint density at radius 2 is 1.67 bits per heavy atom. The van der Waals surface area contributed by atoms with Gasteiger partial charge in [-0.15, -0.1) is 0 Å². The van der Waals surface area contributed by atoms with Gasteiger partial charge in [-0.2, -0.15) is 4.31 Å². The Morgan fingerprint density at radius 3 is 2.06 bits per heavy atom. The Kier molecular flexibility index (Phi) is 3.49. The molecule has 0 spiro atoms. The van der Waals surface area contributed by atoms with Crippen molar-refractivity contribution in [1.82, 2.24) is 9.62 Å². The summed E-state index contributed by atoms with van der Waals surface area (Å²) in [6, 6.07) is 3.93. The molecule has 0 unspecified atom stereocenters. The number of benzene rings is 1. The average molecular weight is 268 g/mol. The molecule has 0 aromatic heterocycles. The highest BCUT2D eigenvalue weighted by Crippen LogP contribution is 2.26. The molecule has 1 N–H and O–H groups in total. The third kappa shape index (κ3) is 2.18. The first-order chi connectivity index (χ1) is 8.34. The van der Waals surface area contributed by atoms with Gasteiger partial charge in [-0.1, -0.05) is 17.7 Å². The van der Waals surface area contributed by atoms with Crippen molar-refractivity contribution in [1.29, 1.82) is 0 Å². The number of nitrogens with zero attached hydrogens (tertiary/aromatic N) is 1. The van der Waals surface area contributed by atoms with Gasteiger partial charge in [0.1, 0.15) is 0 Å². The highest BCUT2D eigenvalue weighted by atomic mass is 32.2. The first-order valence-corrected chi connectivity index (χ1v) is 7.54. The van der Waals surface area contributed by atoms with Crippen molar-refractivity contribution < 1.29 is 8.42 Å². The SMILES string of the molecule is Cc1cc(C)c(S(=O)(=O)N(C)C2CNC2)c(C)c1. The van der Waals surface area contributed by atoms with Gasteiger partial charge in [0.15, 0.2) is 0 Å². The minimum atomic E-state index is -3.38. The fourth-order valence-electron chi connectivity index (χ4n) is 2.44. The largest absolute Gasteiger partial charge is 0.313 e. The zero-order valence-electron chi connectivity index (χ0n) is 11.3. The summed E-state index contributed by atoms with van der Waals surface area (Å²) in [5, 5.41) is 3.10. The molecular formula is C13H20N2O2S. The molecule has 1 heterocycles. The van der Waals surface area contributed by atoms with Gasteiger partial charge >= 0.3 is 0 Å². The first kappa shape index (κ1) is 13.5. The Morgan fingerprint density at radius 1 is 1.17 bits per heavy atom. The summed E-state index contributed by atoms with van der Waals surface area (Å²) in [5.74, 6) is 0. The van der Waals surface area contributed by atoms with Crippen LogP contribution in [-0.2, 0) is 10.0 Å². The molecule has 1 aliphatic heterocycles. The normalized spacial score (nSPS) is 16.9. The number of hydrogen-bond donors (Lipinski definition) is 1. The molecule has 0 saturated carbocycles. The van der Waals surface area contributed by atoms with Crippen molar-refractivity contribution in [2.24, 2.45) is 0 Å². The number of sulfonamides is 1. The van der Waals surface area contributed by atoms with Gasteiger partial charge in [0.05, 0.1) is 4.90 Å². The lowest BCUT2D eigenvalue weighted by Gasteiger charge is -2.35. The van der Waals surface area contributed by atoms with Crippen LogP contribution in [0.5, 0.6) is 0 Å². The topological polar surface area (TPSA) is 49.4 Å². The minimum Gasteiger partial charge on any atom is -0.313 e. The summed E-state index contributed by atoms with van der Waals surface area (Å²) in [4.78, 5) is 0.461. The van der Waals surface area contributed by atoms with E-state index in [2.05, 4.69) is 5.32 Å². The van der Waals surface area contributed by atoms with Crippen molar-refractivity contribution in [3.63, 3.8) is 0 Å². The van der Waals surface area contributed by atoms with Gasteiger partial charge in [-0.3, -0.25) is 0 Å². The molecule has 2 rings (SSSR count). The van der Waals surface area contributed by atoms with Crippen LogP contribution in [0.1, 0.15) is 16.7 Å². The van der Waals surface area contributed by atoms with Crippen molar-refractivity contribution in [2.45, 2.75) is 31.7 Å². The summed E-state index contributed by atoms with van der Waals surface area (Å²) in [5.41, 5.74) is 2.75. The summed E-state index contributed by atoms with van der Waals surface area (Å²) < 4.78 is 26.7. The zero-order chi connectivity index (χ0) is 13.5. The molecule has 0 aliphatic carbocycles.